The van der Waals surface area contributed by atoms with Crippen molar-refractivity contribution in [2.24, 2.45) is 0 Å². The number of nitrogens with zero attached hydrogens (tertiary/aromatic N) is 1. The van der Waals surface area contributed by atoms with Crippen LogP contribution in [-0.4, -0.2) is 0 Å². The first-order chi connectivity index (χ1) is 22.3. The molecule has 0 saturated heterocycles. The number of para-hydroxylation sites is 2. The highest BCUT2D eigenvalue weighted by molar-refractivity contribution is 6.19. The minimum Gasteiger partial charge on any atom is -0.311 e. The van der Waals surface area contributed by atoms with Gasteiger partial charge in [-0.1, -0.05) is 133 Å². The van der Waals surface area contributed by atoms with Crippen LogP contribution < -0.4 is 4.90 Å². The van der Waals surface area contributed by atoms with Gasteiger partial charge in [0.05, 0.1) is 0 Å². The maximum Gasteiger partial charge on any atom is 0.0461 e. The zero-order valence-corrected chi connectivity index (χ0v) is 24.9. The van der Waals surface area contributed by atoms with E-state index in [1.807, 2.05) is 0 Å². The number of rotatable bonds is 4. The lowest BCUT2D eigenvalue weighted by Gasteiger charge is -2.30. The molecule has 1 aliphatic rings. The van der Waals surface area contributed by atoms with Crippen molar-refractivity contribution in [1.82, 2.24) is 0 Å². The Kier molecular flexibility index (Phi) is 6.02. The van der Waals surface area contributed by atoms with E-state index in [4.69, 9.17) is 0 Å². The molecule has 0 aliphatic heterocycles. The molecule has 0 aromatic heterocycles. The molecule has 0 saturated carbocycles. The monoisotopic (exact) mass is 573 g/mol. The van der Waals surface area contributed by atoms with Crippen molar-refractivity contribution in [3.8, 4) is 11.1 Å². The van der Waals surface area contributed by atoms with Gasteiger partial charge in [-0.25, -0.2) is 0 Å². The van der Waals surface area contributed by atoms with E-state index in [9.17, 15) is 0 Å². The lowest BCUT2D eigenvalue weighted by Crippen LogP contribution is -2.14. The molecule has 0 amide bonds. The fourth-order valence-corrected chi connectivity index (χ4v) is 7.55. The molecule has 1 heteroatoms. The highest BCUT2D eigenvalue weighted by Gasteiger charge is 2.27. The van der Waals surface area contributed by atoms with E-state index in [0.29, 0.717) is 5.92 Å². The number of hydrogen-bond acceptors (Lipinski definition) is 1. The van der Waals surface area contributed by atoms with Gasteiger partial charge < -0.3 is 4.90 Å². The molecule has 1 aliphatic carbocycles. The summed E-state index contributed by atoms with van der Waals surface area (Å²) in [6.07, 6.45) is 0.985. The number of hydrogen-bond donors (Lipinski definition) is 0. The van der Waals surface area contributed by atoms with Gasteiger partial charge in [0.15, 0.2) is 0 Å². The summed E-state index contributed by atoms with van der Waals surface area (Å²) in [4.78, 5) is 2.33. The second-order valence-corrected chi connectivity index (χ2v) is 12.1. The molecule has 1 atom stereocenters. The summed E-state index contributed by atoms with van der Waals surface area (Å²) in [5.74, 6) is 0.298. The van der Waals surface area contributed by atoms with E-state index < -0.39 is 0 Å². The van der Waals surface area contributed by atoms with Crippen LogP contribution in [0.15, 0.2) is 170 Å². The molecule has 8 aromatic rings. The van der Waals surface area contributed by atoms with E-state index in [0.717, 1.165) is 23.5 Å². The molecule has 0 N–H and O–H groups in total. The fourth-order valence-electron chi connectivity index (χ4n) is 7.55. The normalized spacial score (nSPS) is 13.9. The van der Waals surface area contributed by atoms with Crippen molar-refractivity contribution >= 4 is 49.4 Å². The van der Waals surface area contributed by atoms with Gasteiger partial charge in [-0.3, -0.25) is 0 Å². The first-order valence-corrected chi connectivity index (χ1v) is 15.8. The SMILES string of the molecule is c1ccc(N(c2ccccc2)c2ccc(C3Cc4ccc5c(ccc6c7ccccc7ccc56)c4-c4ccccc43)cc2)cc1. The molecule has 0 heterocycles. The van der Waals surface area contributed by atoms with Gasteiger partial charge in [0.25, 0.3) is 0 Å². The van der Waals surface area contributed by atoms with Crippen LogP contribution in [0, 0.1) is 0 Å². The van der Waals surface area contributed by atoms with E-state index in [-0.39, 0.29) is 0 Å². The molecule has 212 valence electrons. The van der Waals surface area contributed by atoms with Crippen molar-refractivity contribution in [1.29, 1.82) is 0 Å². The lowest BCUT2D eigenvalue weighted by atomic mass is 9.74. The largest absolute Gasteiger partial charge is 0.311 e. The summed E-state index contributed by atoms with van der Waals surface area (Å²) < 4.78 is 0. The first kappa shape index (κ1) is 25.8. The highest BCUT2D eigenvalue weighted by Crippen LogP contribution is 2.47. The Labute approximate surface area is 263 Å². The Bertz CT molecular complexity index is 2300. The van der Waals surface area contributed by atoms with Crippen molar-refractivity contribution in [2.75, 3.05) is 4.90 Å². The average molecular weight is 574 g/mol. The Balaban J connectivity index is 1.14. The van der Waals surface area contributed by atoms with Crippen molar-refractivity contribution in [3.63, 3.8) is 0 Å². The molecule has 0 radical (unpaired) electrons. The van der Waals surface area contributed by atoms with Crippen LogP contribution in [0.3, 0.4) is 0 Å². The van der Waals surface area contributed by atoms with Crippen LogP contribution in [0.4, 0.5) is 17.1 Å². The number of anilines is 3. The molecule has 1 unspecified atom stereocenters. The first-order valence-electron chi connectivity index (χ1n) is 15.8. The Morgan fingerprint density at radius 3 is 1.73 bits per heavy atom. The topological polar surface area (TPSA) is 3.24 Å². The van der Waals surface area contributed by atoms with Crippen molar-refractivity contribution < 1.29 is 0 Å². The van der Waals surface area contributed by atoms with Gasteiger partial charge in [0.1, 0.15) is 0 Å². The van der Waals surface area contributed by atoms with Crippen LogP contribution in [0.5, 0.6) is 0 Å². The van der Waals surface area contributed by atoms with Gasteiger partial charge in [-0.05, 0) is 103 Å². The zero-order valence-electron chi connectivity index (χ0n) is 24.9. The Hall–Kier alpha value is -5.66. The number of benzene rings is 8. The van der Waals surface area contributed by atoms with E-state index in [1.165, 1.54) is 60.1 Å². The third-order valence-electron chi connectivity index (χ3n) is 9.62. The summed E-state index contributed by atoms with van der Waals surface area (Å²) in [5.41, 5.74) is 10.4. The highest BCUT2D eigenvalue weighted by atomic mass is 15.1. The maximum absolute atomic E-state index is 2.39. The van der Waals surface area contributed by atoms with Gasteiger partial charge in [0.2, 0.25) is 0 Å². The Morgan fingerprint density at radius 1 is 0.400 bits per heavy atom. The number of fused-ring (bicyclic) bond motifs is 9. The predicted octanol–water partition coefficient (Wildman–Crippen LogP) is 12.0. The van der Waals surface area contributed by atoms with Gasteiger partial charge in [-0.2, -0.15) is 0 Å². The minimum absolute atomic E-state index is 0.298. The molecular formula is C44H31N. The van der Waals surface area contributed by atoms with Crippen molar-refractivity contribution in [2.45, 2.75) is 12.3 Å². The summed E-state index contributed by atoms with van der Waals surface area (Å²) in [6.45, 7) is 0. The standard InChI is InChI=1S/C44H31N/c1-3-12-33(13-4-1)45(34-14-5-2-6-15-34)35-23-19-31(20-24-35)43-29-32-22-26-40-39-25-21-30-11-7-8-16-36(30)38(39)27-28-42(40)44(32)41-18-10-9-17-37(41)43/h1-28,43H,29H2. The van der Waals surface area contributed by atoms with E-state index in [1.54, 1.807) is 0 Å². The molecule has 8 aromatic carbocycles. The smallest absolute Gasteiger partial charge is 0.0461 e. The third kappa shape index (κ3) is 4.24. The van der Waals surface area contributed by atoms with Crippen LogP contribution in [0.1, 0.15) is 22.6 Å². The molecule has 0 fully saturated rings. The molecular weight excluding hydrogens is 542 g/mol. The quantitative estimate of drug-likeness (QED) is 0.189. The average Bonchev–Trinajstić information content (AvgIpc) is 3.12. The molecule has 0 bridgehead atoms. The summed E-state index contributed by atoms with van der Waals surface area (Å²) >= 11 is 0. The summed E-state index contributed by atoms with van der Waals surface area (Å²) in [7, 11) is 0. The fraction of sp³-hybridized carbons (Fsp3) is 0.0455. The third-order valence-corrected chi connectivity index (χ3v) is 9.62. The van der Waals surface area contributed by atoms with Crippen LogP contribution >= 0.6 is 0 Å². The second-order valence-electron chi connectivity index (χ2n) is 12.1. The minimum atomic E-state index is 0.298. The lowest BCUT2D eigenvalue weighted by molar-refractivity contribution is 0.795. The predicted molar refractivity (Wildman–Crippen MR) is 191 cm³/mol. The maximum atomic E-state index is 2.39. The Morgan fingerprint density at radius 2 is 0.956 bits per heavy atom. The van der Waals surface area contributed by atoms with Crippen molar-refractivity contribution in [3.05, 3.63) is 187 Å². The van der Waals surface area contributed by atoms with Crippen LogP contribution in [-0.2, 0) is 6.42 Å². The van der Waals surface area contributed by atoms with Crippen LogP contribution in [0.2, 0.25) is 0 Å². The summed E-state index contributed by atoms with van der Waals surface area (Å²) in [5, 5.41) is 7.93. The van der Waals surface area contributed by atoms with Gasteiger partial charge >= 0.3 is 0 Å². The van der Waals surface area contributed by atoms with Crippen LogP contribution in [0.25, 0.3) is 43.4 Å². The van der Waals surface area contributed by atoms with E-state index >= 15 is 0 Å². The van der Waals surface area contributed by atoms with Gasteiger partial charge in [0, 0.05) is 23.0 Å². The zero-order chi connectivity index (χ0) is 29.7. The van der Waals surface area contributed by atoms with Gasteiger partial charge in [-0.15, -0.1) is 0 Å². The molecule has 0 spiro atoms. The molecule has 45 heavy (non-hydrogen) atoms. The summed E-state index contributed by atoms with van der Waals surface area (Å²) in [6, 6.07) is 62.2. The second kappa shape index (κ2) is 10.5. The van der Waals surface area contributed by atoms with E-state index in [2.05, 4.69) is 175 Å². The molecule has 9 rings (SSSR count). The molecule has 1 nitrogen and oxygen atoms in total.